The van der Waals surface area contributed by atoms with E-state index < -0.39 is 17.8 Å². The number of piperazine rings is 1. The summed E-state index contributed by atoms with van der Waals surface area (Å²) in [6, 6.07) is 4.63. The van der Waals surface area contributed by atoms with Gasteiger partial charge in [-0.2, -0.15) is 0 Å². The van der Waals surface area contributed by atoms with Gasteiger partial charge in [-0.25, -0.2) is 4.79 Å². The normalized spacial score (nSPS) is 15.5. The van der Waals surface area contributed by atoms with Gasteiger partial charge in [-0.15, -0.1) is 0 Å². The molecule has 2 rings (SSSR count). The van der Waals surface area contributed by atoms with E-state index in [1.54, 1.807) is 6.07 Å². The Morgan fingerprint density at radius 1 is 1.24 bits per heavy atom. The second-order valence-corrected chi connectivity index (χ2v) is 5.58. The fourth-order valence-electron chi connectivity index (χ4n) is 2.18. The monoisotopic (exact) mass is 354 g/mol. The molecule has 1 heterocycles. The SMILES string of the molecule is CCN1CCN(Cc2ccc(C(=O)O)cc2Br)C(=O)C1=O. The zero-order valence-corrected chi connectivity index (χ0v) is 13.1. The molecule has 1 saturated heterocycles. The predicted molar refractivity (Wildman–Crippen MR) is 78.8 cm³/mol. The first-order valence-corrected chi connectivity index (χ1v) is 7.33. The van der Waals surface area contributed by atoms with Gasteiger partial charge in [-0.05, 0) is 24.6 Å². The Bertz CT molecular complexity index is 603. The van der Waals surface area contributed by atoms with Crippen LogP contribution in [-0.4, -0.2) is 52.3 Å². The number of carbonyl (C=O) groups is 3. The largest absolute Gasteiger partial charge is 0.478 e. The van der Waals surface area contributed by atoms with E-state index in [1.165, 1.54) is 21.9 Å². The van der Waals surface area contributed by atoms with Crippen molar-refractivity contribution in [2.45, 2.75) is 13.5 Å². The van der Waals surface area contributed by atoms with Gasteiger partial charge in [0.15, 0.2) is 0 Å². The minimum absolute atomic E-state index is 0.170. The van der Waals surface area contributed by atoms with Gasteiger partial charge in [0.2, 0.25) is 0 Å². The molecule has 6 nitrogen and oxygen atoms in total. The molecule has 1 aliphatic rings. The van der Waals surface area contributed by atoms with Crippen molar-refractivity contribution < 1.29 is 19.5 Å². The Hall–Kier alpha value is -1.89. The van der Waals surface area contributed by atoms with Gasteiger partial charge in [0.05, 0.1) is 5.56 Å². The molecule has 2 amide bonds. The van der Waals surface area contributed by atoms with Crippen LogP contribution in [0.15, 0.2) is 22.7 Å². The standard InChI is InChI=1S/C14H15BrN2O4/c1-2-16-5-6-17(13(19)12(16)18)8-10-4-3-9(14(20)21)7-11(10)15/h3-4,7H,2,5-6,8H2,1H3,(H,20,21). The molecule has 7 heteroatoms. The number of aromatic carboxylic acids is 1. The molecule has 0 spiro atoms. The number of rotatable bonds is 4. The first-order valence-electron chi connectivity index (χ1n) is 6.54. The summed E-state index contributed by atoms with van der Waals surface area (Å²) in [7, 11) is 0. The lowest BCUT2D eigenvalue weighted by Crippen LogP contribution is -2.53. The van der Waals surface area contributed by atoms with Crippen LogP contribution in [0.4, 0.5) is 0 Å². The summed E-state index contributed by atoms with van der Waals surface area (Å²) >= 11 is 3.31. The maximum absolute atomic E-state index is 12.0. The molecule has 1 aliphatic heterocycles. The lowest BCUT2D eigenvalue weighted by molar-refractivity contribution is -0.156. The maximum Gasteiger partial charge on any atom is 0.335 e. The van der Waals surface area contributed by atoms with Crippen molar-refractivity contribution in [3.63, 3.8) is 0 Å². The van der Waals surface area contributed by atoms with Gasteiger partial charge in [-0.1, -0.05) is 22.0 Å². The number of carboxylic acids is 1. The summed E-state index contributed by atoms with van der Waals surface area (Å²) in [4.78, 5) is 37.7. The molecule has 1 N–H and O–H groups in total. The third kappa shape index (κ3) is 3.24. The molecule has 0 aromatic heterocycles. The number of carbonyl (C=O) groups excluding carboxylic acids is 2. The summed E-state index contributed by atoms with van der Waals surface area (Å²) < 4.78 is 0.612. The first-order chi connectivity index (χ1) is 9.93. The average molecular weight is 355 g/mol. The van der Waals surface area contributed by atoms with E-state index in [9.17, 15) is 14.4 Å². The van der Waals surface area contributed by atoms with Crippen LogP contribution < -0.4 is 0 Å². The molecule has 1 aromatic carbocycles. The van der Waals surface area contributed by atoms with Gasteiger partial charge in [0.25, 0.3) is 0 Å². The van der Waals surface area contributed by atoms with E-state index in [4.69, 9.17) is 5.11 Å². The van der Waals surface area contributed by atoms with Crippen LogP contribution in [0.3, 0.4) is 0 Å². The topological polar surface area (TPSA) is 77.9 Å². The Labute approximate surface area is 130 Å². The fraction of sp³-hybridized carbons (Fsp3) is 0.357. The number of benzene rings is 1. The number of nitrogens with zero attached hydrogens (tertiary/aromatic N) is 2. The third-order valence-electron chi connectivity index (χ3n) is 3.44. The number of amides is 2. The van der Waals surface area contributed by atoms with Crippen molar-refractivity contribution in [2.24, 2.45) is 0 Å². The first kappa shape index (κ1) is 15.5. The minimum Gasteiger partial charge on any atom is -0.478 e. The fourth-order valence-corrected chi connectivity index (χ4v) is 2.69. The van der Waals surface area contributed by atoms with Crippen LogP contribution in [0, 0.1) is 0 Å². The molecule has 112 valence electrons. The zero-order valence-electron chi connectivity index (χ0n) is 11.5. The van der Waals surface area contributed by atoms with Gasteiger partial charge in [0.1, 0.15) is 0 Å². The molecule has 0 radical (unpaired) electrons. The van der Waals surface area contributed by atoms with E-state index in [0.29, 0.717) is 24.1 Å². The molecule has 1 aromatic rings. The van der Waals surface area contributed by atoms with Crippen LogP contribution in [0.1, 0.15) is 22.8 Å². The Balaban J connectivity index is 2.14. The van der Waals surface area contributed by atoms with Gasteiger partial charge >= 0.3 is 17.8 Å². The van der Waals surface area contributed by atoms with Crippen molar-refractivity contribution in [3.05, 3.63) is 33.8 Å². The van der Waals surface area contributed by atoms with Crippen LogP contribution in [0.5, 0.6) is 0 Å². The molecule has 0 unspecified atom stereocenters. The number of carboxylic acid groups (broad SMARTS) is 1. The molecule has 21 heavy (non-hydrogen) atoms. The molecule has 0 atom stereocenters. The molecule has 1 fully saturated rings. The summed E-state index contributed by atoms with van der Waals surface area (Å²) in [5, 5.41) is 8.92. The third-order valence-corrected chi connectivity index (χ3v) is 4.18. The highest BCUT2D eigenvalue weighted by Gasteiger charge is 2.31. The minimum atomic E-state index is -1.01. The highest BCUT2D eigenvalue weighted by Crippen LogP contribution is 2.21. The van der Waals surface area contributed by atoms with Crippen molar-refractivity contribution in [2.75, 3.05) is 19.6 Å². The van der Waals surface area contributed by atoms with E-state index in [2.05, 4.69) is 15.9 Å². The summed E-state index contributed by atoms with van der Waals surface area (Å²) in [5.41, 5.74) is 0.940. The summed E-state index contributed by atoms with van der Waals surface area (Å²) in [6.45, 7) is 3.64. The van der Waals surface area contributed by atoms with Crippen molar-refractivity contribution in [3.8, 4) is 0 Å². The second-order valence-electron chi connectivity index (χ2n) is 4.72. The smallest absolute Gasteiger partial charge is 0.335 e. The summed E-state index contributed by atoms with van der Waals surface area (Å²) in [5.74, 6) is -2.01. The van der Waals surface area contributed by atoms with Crippen molar-refractivity contribution in [1.29, 1.82) is 0 Å². The van der Waals surface area contributed by atoms with Gasteiger partial charge in [-0.3, -0.25) is 9.59 Å². The van der Waals surface area contributed by atoms with Crippen LogP contribution >= 0.6 is 15.9 Å². The van der Waals surface area contributed by atoms with Crippen molar-refractivity contribution >= 4 is 33.7 Å². The highest BCUT2D eigenvalue weighted by atomic mass is 79.9. The van der Waals surface area contributed by atoms with E-state index in [0.717, 1.165) is 5.56 Å². The van der Waals surface area contributed by atoms with Crippen LogP contribution in [0.2, 0.25) is 0 Å². The van der Waals surface area contributed by atoms with E-state index >= 15 is 0 Å². The zero-order chi connectivity index (χ0) is 15.6. The second kappa shape index (κ2) is 6.26. The van der Waals surface area contributed by atoms with Crippen LogP contribution in [-0.2, 0) is 16.1 Å². The number of hydrogen-bond donors (Lipinski definition) is 1. The van der Waals surface area contributed by atoms with Crippen molar-refractivity contribution in [1.82, 2.24) is 9.80 Å². The number of likely N-dealkylation sites (N-methyl/N-ethyl adjacent to an activating group) is 1. The van der Waals surface area contributed by atoms with Gasteiger partial charge < -0.3 is 14.9 Å². The van der Waals surface area contributed by atoms with E-state index in [1.807, 2.05) is 6.92 Å². The Morgan fingerprint density at radius 2 is 1.86 bits per heavy atom. The summed E-state index contributed by atoms with van der Waals surface area (Å²) in [6.07, 6.45) is 0. The van der Waals surface area contributed by atoms with Crippen LogP contribution in [0.25, 0.3) is 0 Å². The number of halogens is 1. The highest BCUT2D eigenvalue weighted by molar-refractivity contribution is 9.10. The molecule has 0 aliphatic carbocycles. The molecular weight excluding hydrogens is 340 g/mol. The Morgan fingerprint density at radius 3 is 2.43 bits per heavy atom. The lowest BCUT2D eigenvalue weighted by Gasteiger charge is -2.33. The van der Waals surface area contributed by atoms with E-state index in [-0.39, 0.29) is 12.1 Å². The molecule has 0 saturated carbocycles. The Kier molecular flexibility index (Phi) is 4.62. The number of hydrogen-bond acceptors (Lipinski definition) is 3. The molecular formula is C14H15BrN2O4. The lowest BCUT2D eigenvalue weighted by atomic mass is 10.1. The van der Waals surface area contributed by atoms with Gasteiger partial charge in [0, 0.05) is 30.7 Å². The quantitative estimate of drug-likeness (QED) is 0.827. The average Bonchev–Trinajstić information content (AvgIpc) is 2.45. The molecule has 0 bridgehead atoms. The predicted octanol–water partition coefficient (Wildman–Crippen LogP) is 1.34. The maximum atomic E-state index is 12.0.